The fourth-order valence-corrected chi connectivity index (χ4v) is 6.08. The van der Waals surface area contributed by atoms with Crippen LogP contribution in [-0.2, 0) is 21.1 Å². The SMILES string of the molecule is CCCc1nc(NC(=O)C(Oc2ccc(F)cc2F)c2ccc(S(=O)(=O)C3CC3)cc2)sc1Cl. The van der Waals surface area contributed by atoms with Gasteiger partial charge in [-0.05, 0) is 43.5 Å². The number of thiazole rings is 1. The Morgan fingerprint density at radius 2 is 1.94 bits per heavy atom. The number of hydrogen-bond acceptors (Lipinski definition) is 6. The number of aryl methyl sites for hydroxylation is 1. The van der Waals surface area contributed by atoms with Gasteiger partial charge in [0.25, 0.3) is 5.91 Å². The number of anilines is 1. The van der Waals surface area contributed by atoms with Gasteiger partial charge in [0, 0.05) is 11.6 Å². The summed E-state index contributed by atoms with van der Waals surface area (Å²) in [5.41, 5.74) is 0.938. The first-order chi connectivity index (χ1) is 16.2. The van der Waals surface area contributed by atoms with Gasteiger partial charge >= 0.3 is 0 Å². The summed E-state index contributed by atoms with van der Waals surface area (Å²) in [6.07, 6.45) is 1.34. The van der Waals surface area contributed by atoms with Gasteiger partial charge in [0.1, 0.15) is 10.2 Å². The quantitative estimate of drug-likeness (QED) is 0.385. The van der Waals surface area contributed by atoms with Crippen LogP contribution >= 0.6 is 22.9 Å². The Balaban J connectivity index is 1.63. The number of ether oxygens (including phenoxy) is 1. The third-order valence-corrected chi connectivity index (χ3v) is 8.75. The molecule has 0 aliphatic heterocycles. The number of amides is 1. The number of halogens is 3. The molecular weight excluding hydrogens is 506 g/mol. The van der Waals surface area contributed by atoms with Crippen molar-refractivity contribution in [1.29, 1.82) is 0 Å². The van der Waals surface area contributed by atoms with E-state index in [1.165, 1.54) is 24.3 Å². The Hall–Kier alpha value is -2.56. The summed E-state index contributed by atoms with van der Waals surface area (Å²) in [7, 11) is -3.42. The van der Waals surface area contributed by atoms with Gasteiger partial charge in [-0.1, -0.05) is 48.4 Å². The van der Waals surface area contributed by atoms with Crippen molar-refractivity contribution in [3.05, 3.63) is 69.7 Å². The van der Waals surface area contributed by atoms with Crippen LogP contribution in [0.2, 0.25) is 4.34 Å². The number of hydrogen-bond donors (Lipinski definition) is 1. The van der Waals surface area contributed by atoms with Crippen molar-refractivity contribution in [1.82, 2.24) is 4.98 Å². The summed E-state index contributed by atoms with van der Waals surface area (Å²) in [6.45, 7) is 1.97. The van der Waals surface area contributed by atoms with Gasteiger partial charge in [-0.2, -0.15) is 0 Å². The molecule has 0 saturated heterocycles. The second-order valence-electron chi connectivity index (χ2n) is 7.86. The maximum atomic E-state index is 14.3. The predicted molar refractivity (Wildman–Crippen MR) is 126 cm³/mol. The minimum atomic E-state index is -3.42. The van der Waals surface area contributed by atoms with E-state index in [9.17, 15) is 22.0 Å². The molecule has 1 aliphatic rings. The summed E-state index contributed by atoms with van der Waals surface area (Å²) in [6, 6.07) is 8.41. The van der Waals surface area contributed by atoms with Crippen molar-refractivity contribution in [2.75, 3.05) is 5.32 Å². The molecule has 1 fully saturated rings. The van der Waals surface area contributed by atoms with E-state index in [2.05, 4.69) is 10.3 Å². The molecule has 2 aromatic carbocycles. The third kappa shape index (κ3) is 5.39. The molecule has 34 heavy (non-hydrogen) atoms. The number of nitrogens with one attached hydrogen (secondary N) is 1. The average Bonchev–Trinajstić information content (AvgIpc) is 3.59. The van der Waals surface area contributed by atoms with Gasteiger partial charge in [-0.25, -0.2) is 22.2 Å². The highest BCUT2D eigenvalue weighted by atomic mass is 35.5. The van der Waals surface area contributed by atoms with Crippen molar-refractivity contribution in [2.24, 2.45) is 0 Å². The number of rotatable bonds is 9. The molecular formula is C23H21ClF2N2O4S2. The lowest BCUT2D eigenvalue weighted by atomic mass is 10.1. The molecule has 6 nitrogen and oxygen atoms in total. The molecule has 1 saturated carbocycles. The van der Waals surface area contributed by atoms with Crippen LogP contribution in [0.3, 0.4) is 0 Å². The highest BCUT2D eigenvalue weighted by molar-refractivity contribution is 7.92. The number of carbonyl (C=O) groups excluding carboxylic acids is 1. The number of nitrogens with zero attached hydrogens (tertiary/aromatic N) is 1. The Labute approximate surface area is 204 Å². The normalized spacial score (nSPS) is 14.6. The van der Waals surface area contributed by atoms with E-state index < -0.39 is 33.5 Å². The molecule has 11 heteroatoms. The van der Waals surface area contributed by atoms with Crippen LogP contribution < -0.4 is 10.1 Å². The first-order valence-corrected chi connectivity index (χ1v) is 13.3. The van der Waals surface area contributed by atoms with E-state index in [0.717, 1.165) is 29.9 Å². The predicted octanol–water partition coefficient (Wildman–Crippen LogP) is 5.72. The monoisotopic (exact) mass is 526 g/mol. The minimum Gasteiger partial charge on any atom is -0.473 e. The maximum Gasteiger partial charge on any atom is 0.271 e. The lowest BCUT2D eigenvalue weighted by Crippen LogP contribution is -2.26. The summed E-state index contributed by atoms with van der Waals surface area (Å²) in [5.74, 6) is -2.77. The lowest BCUT2D eigenvalue weighted by Gasteiger charge is -2.19. The highest BCUT2D eigenvalue weighted by Gasteiger charge is 2.37. The molecule has 1 amide bonds. The van der Waals surface area contributed by atoms with E-state index in [0.29, 0.717) is 35.4 Å². The van der Waals surface area contributed by atoms with E-state index >= 15 is 0 Å². The fourth-order valence-electron chi connectivity index (χ4n) is 3.32. The zero-order valence-corrected chi connectivity index (χ0v) is 20.4. The third-order valence-electron chi connectivity index (χ3n) is 5.22. The lowest BCUT2D eigenvalue weighted by molar-refractivity contribution is -0.123. The van der Waals surface area contributed by atoms with E-state index in [4.69, 9.17) is 16.3 Å². The standard InChI is InChI=1S/C23H21ClF2N2O4S2/c1-2-3-18-21(24)33-23(27-18)28-22(29)20(32-19-11-6-14(25)12-17(19)26)13-4-7-15(8-5-13)34(30,31)16-9-10-16/h4-8,11-12,16,20H,2-3,9-10H2,1H3,(H,27,28,29). The van der Waals surface area contributed by atoms with Crippen molar-refractivity contribution in [2.45, 2.75) is 48.9 Å². The molecule has 3 aromatic rings. The first-order valence-electron chi connectivity index (χ1n) is 10.6. The maximum absolute atomic E-state index is 14.3. The molecule has 4 rings (SSSR count). The summed E-state index contributed by atoms with van der Waals surface area (Å²) in [5, 5.41) is 2.50. The Bertz CT molecular complexity index is 1310. The number of carbonyl (C=O) groups is 1. The van der Waals surface area contributed by atoms with Gasteiger partial charge in [-0.15, -0.1) is 0 Å². The van der Waals surface area contributed by atoms with Crippen LogP contribution in [0.5, 0.6) is 5.75 Å². The van der Waals surface area contributed by atoms with Crippen LogP contribution in [-0.4, -0.2) is 24.6 Å². The second kappa shape index (κ2) is 9.97. The minimum absolute atomic E-state index is 0.141. The summed E-state index contributed by atoms with van der Waals surface area (Å²) < 4.78 is 58.7. The average molecular weight is 527 g/mol. The molecule has 1 unspecified atom stereocenters. The summed E-state index contributed by atoms with van der Waals surface area (Å²) in [4.78, 5) is 17.6. The van der Waals surface area contributed by atoms with E-state index in [1.807, 2.05) is 6.92 Å². The Morgan fingerprint density at radius 3 is 2.56 bits per heavy atom. The molecule has 1 aliphatic carbocycles. The zero-order chi connectivity index (χ0) is 24.5. The molecule has 180 valence electrons. The van der Waals surface area contributed by atoms with Crippen LogP contribution in [0, 0.1) is 11.6 Å². The summed E-state index contributed by atoms with van der Waals surface area (Å²) >= 11 is 7.28. The van der Waals surface area contributed by atoms with Crippen molar-refractivity contribution < 1.29 is 26.7 Å². The van der Waals surface area contributed by atoms with Crippen molar-refractivity contribution >= 4 is 43.8 Å². The van der Waals surface area contributed by atoms with Crippen molar-refractivity contribution in [3.63, 3.8) is 0 Å². The molecule has 1 N–H and O–H groups in total. The zero-order valence-electron chi connectivity index (χ0n) is 18.1. The first kappa shape index (κ1) is 24.6. The molecule has 0 spiro atoms. The van der Waals surface area contributed by atoms with Crippen LogP contribution in [0.25, 0.3) is 0 Å². The molecule has 1 heterocycles. The van der Waals surface area contributed by atoms with Gasteiger partial charge < -0.3 is 4.74 Å². The van der Waals surface area contributed by atoms with Crippen LogP contribution in [0.15, 0.2) is 47.4 Å². The van der Waals surface area contributed by atoms with Crippen LogP contribution in [0.4, 0.5) is 13.9 Å². The largest absolute Gasteiger partial charge is 0.473 e. The van der Waals surface area contributed by atoms with Crippen LogP contribution in [0.1, 0.15) is 43.5 Å². The smallest absolute Gasteiger partial charge is 0.271 e. The molecule has 1 aromatic heterocycles. The number of aromatic nitrogens is 1. The fraction of sp³-hybridized carbons (Fsp3) is 0.304. The Morgan fingerprint density at radius 1 is 1.24 bits per heavy atom. The second-order valence-corrected chi connectivity index (χ2v) is 11.7. The number of sulfone groups is 1. The van der Waals surface area contributed by atoms with Gasteiger partial charge in [0.05, 0.1) is 15.8 Å². The van der Waals surface area contributed by atoms with E-state index in [1.54, 1.807) is 0 Å². The van der Waals surface area contributed by atoms with Gasteiger partial charge in [0.2, 0.25) is 6.10 Å². The molecule has 0 bridgehead atoms. The van der Waals surface area contributed by atoms with Crippen molar-refractivity contribution in [3.8, 4) is 5.75 Å². The topological polar surface area (TPSA) is 85.4 Å². The number of benzene rings is 2. The van der Waals surface area contributed by atoms with Gasteiger partial charge in [-0.3, -0.25) is 10.1 Å². The van der Waals surface area contributed by atoms with E-state index in [-0.39, 0.29) is 26.6 Å². The Kier molecular flexibility index (Phi) is 7.20. The molecule has 1 atom stereocenters. The highest BCUT2D eigenvalue weighted by Crippen LogP contribution is 2.35. The van der Waals surface area contributed by atoms with Gasteiger partial charge in [0.15, 0.2) is 26.5 Å². The molecule has 0 radical (unpaired) electrons.